The van der Waals surface area contributed by atoms with E-state index < -0.39 is 35.3 Å². The van der Waals surface area contributed by atoms with E-state index in [4.69, 9.17) is 27.8 Å². The normalized spacial score (nSPS) is 17.1. The standard InChI is InChI=1S/C26H24O10/c1-11(27)17-19(29)25(23-13(7-9-33-23)21(17)31-3)35-15-5-6-16(15)36-26-20(30)18(12(2)28)22(32-4)14-8-10-34-24(14)26/h7-10,15-16,29-30H,5-6H2,1-4H3. The minimum atomic E-state index is -0.565. The maximum absolute atomic E-state index is 12.3. The first-order chi connectivity index (χ1) is 17.3. The molecule has 36 heavy (non-hydrogen) atoms. The van der Waals surface area contributed by atoms with E-state index >= 15 is 0 Å². The molecule has 1 aliphatic carbocycles. The van der Waals surface area contributed by atoms with Crippen LogP contribution < -0.4 is 18.9 Å². The number of furan rings is 2. The molecule has 0 spiro atoms. The topological polar surface area (TPSA) is 138 Å². The van der Waals surface area contributed by atoms with Crippen molar-refractivity contribution in [3.8, 4) is 34.5 Å². The van der Waals surface area contributed by atoms with Crippen molar-refractivity contribution in [2.24, 2.45) is 0 Å². The number of methoxy groups -OCH3 is 2. The SMILES string of the molecule is COc1c(C(C)=O)c(O)c(OC2CCC2Oc2c(O)c(C(C)=O)c(OC)c3ccoc23)c2occc12. The van der Waals surface area contributed by atoms with Gasteiger partial charge in [-0.2, -0.15) is 0 Å². The van der Waals surface area contributed by atoms with Gasteiger partial charge in [0.2, 0.25) is 11.5 Å². The number of rotatable bonds is 8. The Morgan fingerprint density at radius 3 is 1.44 bits per heavy atom. The third-order valence-corrected chi connectivity index (χ3v) is 6.39. The molecule has 0 bridgehead atoms. The Kier molecular flexibility index (Phi) is 5.66. The minimum Gasteiger partial charge on any atom is -0.504 e. The lowest BCUT2D eigenvalue weighted by atomic mass is 9.91. The Bertz CT molecular complexity index is 1390. The van der Waals surface area contributed by atoms with E-state index in [0.717, 1.165) is 0 Å². The number of hydrogen-bond acceptors (Lipinski definition) is 10. The summed E-state index contributed by atoms with van der Waals surface area (Å²) in [5.41, 5.74) is 0.406. The van der Waals surface area contributed by atoms with Gasteiger partial charge in [-0.3, -0.25) is 9.59 Å². The average Bonchev–Trinajstić information content (AvgIpc) is 3.50. The molecular formula is C26H24O10. The molecule has 188 valence electrons. The number of hydrogen-bond donors (Lipinski definition) is 2. The van der Waals surface area contributed by atoms with Gasteiger partial charge in [0, 0.05) is 0 Å². The van der Waals surface area contributed by atoms with Crippen LogP contribution in [0.2, 0.25) is 0 Å². The molecule has 10 nitrogen and oxygen atoms in total. The zero-order valence-corrected chi connectivity index (χ0v) is 20.0. The molecule has 2 aromatic carbocycles. The molecule has 2 heterocycles. The molecule has 1 aliphatic rings. The number of carbonyl (C=O) groups is 2. The van der Waals surface area contributed by atoms with Crippen LogP contribution in [0.15, 0.2) is 33.5 Å². The Morgan fingerprint density at radius 2 is 1.14 bits per heavy atom. The van der Waals surface area contributed by atoms with Gasteiger partial charge < -0.3 is 38.0 Å². The summed E-state index contributed by atoms with van der Waals surface area (Å²) in [5.74, 6) is -1.23. The molecule has 2 atom stereocenters. The Balaban J connectivity index is 1.52. The van der Waals surface area contributed by atoms with Crippen molar-refractivity contribution in [2.75, 3.05) is 14.2 Å². The number of aromatic hydroxyl groups is 2. The lowest BCUT2D eigenvalue weighted by Crippen LogP contribution is -2.45. The van der Waals surface area contributed by atoms with Gasteiger partial charge in [-0.25, -0.2) is 0 Å². The van der Waals surface area contributed by atoms with Gasteiger partial charge in [0.25, 0.3) is 0 Å². The molecule has 0 saturated heterocycles. The molecule has 1 saturated carbocycles. The van der Waals surface area contributed by atoms with Gasteiger partial charge >= 0.3 is 0 Å². The van der Waals surface area contributed by atoms with Gasteiger partial charge in [-0.15, -0.1) is 0 Å². The fourth-order valence-corrected chi connectivity index (χ4v) is 4.56. The molecule has 2 aromatic heterocycles. The second-order valence-corrected chi connectivity index (χ2v) is 8.50. The maximum Gasteiger partial charge on any atom is 0.206 e. The Hall–Kier alpha value is -4.34. The van der Waals surface area contributed by atoms with E-state index in [1.54, 1.807) is 12.1 Å². The van der Waals surface area contributed by atoms with Crippen LogP contribution in [-0.2, 0) is 0 Å². The highest BCUT2D eigenvalue weighted by atomic mass is 16.6. The summed E-state index contributed by atoms with van der Waals surface area (Å²) in [7, 11) is 2.80. The molecule has 10 heteroatoms. The number of Topliss-reactive ketones (excluding diaryl/α,β-unsaturated/α-hetero) is 2. The number of phenols is 2. The molecule has 0 radical (unpaired) electrons. The highest BCUT2D eigenvalue weighted by Crippen LogP contribution is 2.49. The highest BCUT2D eigenvalue weighted by molar-refractivity contribution is 6.09. The number of ketones is 2. The quantitative estimate of drug-likeness (QED) is 0.320. The second kappa shape index (κ2) is 8.71. The number of ether oxygens (including phenoxy) is 4. The number of fused-ring (bicyclic) bond motifs is 2. The molecule has 0 aliphatic heterocycles. The summed E-state index contributed by atoms with van der Waals surface area (Å²) in [6, 6.07) is 3.24. The van der Waals surface area contributed by atoms with Gasteiger partial charge in [-0.05, 0) is 38.8 Å². The van der Waals surface area contributed by atoms with E-state index in [9.17, 15) is 19.8 Å². The largest absolute Gasteiger partial charge is 0.504 e. The van der Waals surface area contributed by atoms with E-state index in [0.29, 0.717) is 23.6 Å². The van der Waals surface area contributed by atoms with Gasteiger partial charge in [0.05, 0.1) is 37.5 Å². The maximum atomic E-state index is 12.3. The summed E-state index contributed by atoms with van der Waals surface area (Å²) >= 11 is 0. The molecule has 2 unspecified atom stereocenters. The van der Waals surface area contributed by atoms with Crippen molar-refractivity contribution < 1.29 is 47.6 Å². The zero-order chi connectivity index (χ0) is 25.7. The van der Waals surface area contributed by atoms with Crippen LogP contribution in [-0.4, -0.2) is 48.2 Å². The van der Waals surface area contributed by atoms with Crippen LogP contribution in [0.1, 0.15) is 47.4 Å². The van der Waals surface area contributed by atoms with Crippen LogP contribution in [0.4, 0.5) is 0 Å². The van der Waals surface area contributed by atoms with Crippen LogP contribution in [0.25, 0.3) is 21.9 Å². The monoisotopic (exact) mass is 496 g/mol. The third kappa shape index (κ3) is 3.40. The highest BCUT2D eigenvalue weighted by Gasteiger charge is 2.39. The van der Waals surface area contributed by atoms with Gasteiger partial charge in [0.15, 0.2) is 34.2 Å². The van der Waals surface area contributed by atoms with E-state index in [1.807, 2.05) is 0 Å². The summed E-state index contributed by atoms with van der Waals surface area (Å²) < 4.78 is 34.0. The zero-order valence-electron chi connectivity index (χ0n) is 20.0. The van der Waals surface area contributed by atoms with E-state index in [1.165, 1.54) is 40.6 Å². The summed E-state index contributed by atoms with van der Waals surface area (Å²) in [6.07, 6.45) is 2.81. The molecule has 5 rings (SSSR count). The van der Waals surface area contributed by atoms with Gasteiger partial charge in [0.1, 0.15) is 34.8 Å². The number of phenolic OH excluding ortho intramolecular Hbond substituents is 2. The van der Waals surface area contributed by atoms with E-state index in [-0.39, 0.29) is 45.3 Å². The molecular weight excluding hydrogens is 472 g/mol. The second-order valence-electron chi connectivity index (χ2n) is 8.50. The lowest BCUT2D eigenvalue weighted by Gasteiger charge is -2.36. The van der Waals surface area contributed by atoms with Crippen molar-refractivity contribution in [1.29, 1.82) is 0 Å². The molecule has 0 amide bonds. The molecule has 2 N–H and O–H groups in total. The smallest absolute Gasteiger partial charge is 0.206 e. The predicted octanol–water partition coefficient (Wildman–Crippen LogP) is 5.00. The first kappa shape index (κ1) is 23.4. The van der Waals surface area contributed by atoms with E-state index in [2.05, 4.69) is 0 Å². The van der Waals surface area contributed by atoms with Crippen LogP contribution >= 0.6 is 0 Å². The number of benzene rings is 2. The predicted molar refractivity (Wildman–Crippen MR) is 127 cm³/mol. The summed E-state index contributed by atoms with van der Waals surface area (Å²) in [5, 5.41) is 22.8. The third-order valence-electron chi connectivity index (χ3n) is 6.39. The molecule has 1 fully saturated rings. The first-order valence-electron chi connectivity index (χ1n) is 11.2. The van der Waals surface area contributed by atoms with Crippen molar-refractivity contribution >= 4 is 33.5 Å². The fraction of sp³-hybridized carbons (Fsp3) is 0.308. The van der Waals surface area contributed by atoms with Crippen molar-refractivity contribution in [2.45, 2.75) is 38.9 Å². The van der Waals surface area contributed by atoms with Gasteiger partial charge in [-0.1, -0.05) is 0 Å². The lowest BCUT2D eigenvalue weighted by molar-refractivity contribution is -0.0212. The minimum absolute atomic E-state index is 0.00850. The fourth-order valence-electron chi connectivity index (χ4n) is 4.56. The van der Waals surface area contributed by atoms with Crippen LogP contribution in [0.5, 0.6) is 34.5 Å². The average molecular weight is 496 g/mol. The van der Waals surface area contributed by atoms with Crippen LogP contribution in [0.3, 0.4) is 0 Å². The van der Waals surface area contributed by atoms with Crippen LogP contribution in [0, 0.1) is 0 Å². The Morgan fingerprint density at radius 1 is 0.750 bits per heavy atom. The van der Waals surface area contributed by atoms with Crippen molar-refractivity contribution in [3.63, 3.8) is 0 Å². The molecule has 4 aromatic rings. The first-order valence-corrected chi connectivity index (χ1v) is 11.2. The van der Waals surface area contributed by atoms with Crippen molar-refractivity contribution in [1.82, 2.24) is 0 Å². The summed E-state index contributed by atoms with van der Waals surface area (Å²) in [4.78, 5) is 24.6. The summed E-state index contributed by atoms with van der Waals surface area (Å²) in [6.45, 7) is 2.63. The van der Waals surface area contributed by atoms with Crippen molar-refractivity contribution in [3.05, 3.63) is 35.8 Å². The number of carbonyl (C=O) groups excluding carboxylic acids is 2. The Labute approximate surface area is 204 Å².